The monoisotopic (exact) mass is 1010 g/mol. The molecule has 1 aliphatic heterocycles. The van der Waals surface area contributed by atoms with Crippen LogP contribution in [0.5, 0.6) is 0 Å². The number of fused-ring (bicyclic) bond motifs is 1. The molecule has 24 heteroatoms. The summed E-state index contributed by atoms with van der Waals surface area (Å²) >= 11 is 0. The molecule has 22 nitrogen and oxygen atoms in total. The van der Waals surface area contributed by atoms with Gasteiger partial charge in [0.15, 0.2) is 5.96 Å². The smallest absolute Gasteiger partial charge is 0.327 e. The molecule has 3 aromatic rings. The Balaban J connectivity index is 1.82. The van der Waals surface area contributed by atoms with Crippen LogP contribution in [-0.2, 0) is 51.2 Å². The zero-order chi connectivity index (χ0) is 51.4. The van der Waals surface area contributed by atoms with Crippen LogP contribution in [0.1, 0.15) is 76.3 Å². The molecule has 18 N–H and O–H groups in total. The van der Waals surface area contributed by atoms with Crippen molar-refractivity contribution in [3.63, 3.8) is 0 Å². The number of H-pyrrole nitrogens is 1. The van der Waals surface area contributed by atoms with E-state index in [1.165, 1.54) is 10.8 Å². The highest BCUT2D eigenvalue weighted by molar-refractivity contribution is 8.77. The van der Waals surface area contributed by atoms with Gasteiger partial charge in [-0.2, -0.15) is 0 Å². The predicted octanol–water partition coefficient (Wildman–Crippen LogP) is -0.714. The van der Waals surface area contributed by atoms with E-state index in [4.69, 9.17) is 28.7 Å². The number of hydrogen-bond donors (Lipinski definition) is 13. The SMILES string of the molecule is CC1(C)SSCC[C@H](NC(=O)[C@H](N)CCCCN)C(=O)N[C@@H](CCC(N)=O)C(=O)N[C@H](Cc2ccccc2)C(=O)N[C@@H](CCCN=C(N)N)C(=O)N[C@@H](Cc2c[nH]c3ccccc23)C(=O)N[C@@H]1C(=O)O. The molecule has 382 valence electrons. The molecule has 0 spiro atoms. The highest BCUT2D eigenvalue weighted by atomic mass is 33.1. The lowest BCUT2D eigenvalue weighted by Crippen LogP contribution is -2.61. The fourth-order valence-corrected chi connectivity index (χ4v) is 10.3. The second-order valence-corrected chi connectivity index (χ2v) is 20.6. The molecular formula is C46H67N13O9S2. The van der Waals surface area contributed by atoms with E-state index in [-0.39, 0.29) is 69.6 Å². The summed E-state index contributed by atoms with van der Waals surface area (Å²) < 4.78 is -1.24. The number of unbranched alkanes of at least 4 members (excludes halogenated alkanes) is 1. The molecule has 0 unspecified atom stereocenters. The van der Waals surface area contributed by atoms with Crippen molar-refractivity contribution < 1.29 is 43.5 Å². The van der Waals surface area contributed by atoms with Gasteiger partial charge in [0.1, 0.15) is 36.3 Å². The lowest BCUT2D eigenvalue weighted by Gasteiger charge is -2.32. The standard InChI is InChI=1S/C46H67N13O9S2/c1-46(2)37(44(67)68)59-43(66)35(24-27-25-53-30-15-7-6-13-28(27)30)58-39(62)31(16-10-21-52-45(50)51)55-42(65)34(23-26-11-4-3-5-12-26)57-40(63)32(17-18-36(49)60)56-41(64)33(19-22-69-70-46)54-38(61)29(48)14-8-9-20-47/h3-7,11-13,15,25,29,31-35,37,53H,8-10,14,16-24,47-48H2,1-2H3,(H2,49,60)(H,54,61)(H,55,65)(H,56,64)(H,57,63)(H,58,62)(H,59,66)(H,67,68)(H4,50,51,52)/t29-,31+,32+,33+,34-,35+,37-/m1/s1. The van der Waals surface area contributed by atoms with Gasteiger partial charge in [-0.3, -0.25) is 38.6 Å². The van der Waals surface area contributed by atoms with Crippen LogP contribution in [0.4, 0.5) is 0 Å². The minimum absolute atomic E-state index is 0.0442. The molecule has 1 saturated heterocycles. The number of aromatic nitrogens is 1. The molecule has 4 rings (SSSR count). The normalized spacial score (nSPS) is 22.4. The van der Waals surface area contributed by atoms with Crippen molar-refractivity contribution in [2.45, 2.75) is 125 Å². The maximum atomic E-state index is 14.5. The van der Waals surface area contributed by atoms with E-state index in [1.54, 1.807) is 56.4 Å². The minimum atomic E-state index is -1.53. The number of carbonyl (C=O) groups excluding carboxylic acids is 7. The Hall–Kier alpha value is -6.37. The molecule has 1 aliphatic rings. The lowest BCUT2D eigenvalue weighted by atomic mass is 10.00. The number of para-hydroxylation sites is 1. The molecule has 2 heterocycles. The van der Waals surface area contributed by atoms with Crippen LogP contribution in [0, 0.1) is 0 Å². The van der Waals surface area contributed by atoms with E-state index in [0.717, 1.165) is 21.7 Å². The van der Waals surface area contributed by atoms with E-state index >= 15 is 0 Å². The van der Waals surface area contributed by atoms with Crippen molar-refractivity contribution in [2.75, 3.05) is 18.8 Å². The number of aliphatic carboxylic acids is 1. The fraction of sp³-hybridized carbons (Fsp3) is 0.500. The molecule has 7 amide bonds. The summed E-state index contributed by atoms with van der Waals surface area (Å²) in [5, 5.41) is 27.5. The second kappa shape index (κ2) is 27.7. The van der Waals surface area contributed by atoms with Crippen LogP contribution in [0.15, 0.2) is 65.8 Å². The molecular weight excluding hydrogens is 943 g/mol. The van der Waals surface area contributed by atoms with Gasteiger partial charge in [-0.25, -0.2) is 4.79 Å². The number of rotatable bonds is 18. The van der Waals surface area contributed by atoms with Crippen LogP contribution in [0.3, 0.4) is 0 Å². The van der Waals surface area contributed by atoms with Gasteiger partial charge in [-0.15, -0.1) is 0 Å². The van der Waals surface area contributed by atoms with E-state index < -0.39 is 94.4 Å². The Morgan fingerprint density at radius 1 is 0.786 bits per heavy atom. The Morgan fingerprint density at radius 2 is 1.39 bits per heavy atom. The Bertz CT molecular complexity index is 2310. The third-order valence-electron chi connectivity index (χ3n) is 11.5. The minimum Gasteiger partial charge on any atom is -0.480 e. The molecule has 0 aliphatic carbocycles. The Kier molecular flexibility index (Phi) is 22.3. The Morgan fingerprint density at radius 3 is 2.04 bits per heavy atom. The van der Waals surface area contributed by atoms with Gasteiger partial charge in [0.25, 0.3) is 0 Å². The average Bonchev–Trinajstić information content (AvgIpc) is 3.72. The maximum Gasteiger partial charge on any atom is 0.327 e. The van der Waals surface area contributed by atoms with Gasteiger partial charge in [0, 0.05) is 48.7 Å². The van der Waals surface area contributed by atoms with Gasteiger partial charge < -0.3 is 70.7 Å². The summed E-state index contributed by atoms with van der Waals surface area (Å²) in [6, 6.07) is 6.48. The number of nitrogens with zero attached hydrogens (tertiary/aromatic N) is 1. The summed E-state index contributed by atoms with van der Waals surface area (Å²) in [5.74, 6) is -7.05. The predicted molar refractivity (Wildman–Crippen MR) is 269 cm³/mol. The first-order valence-corrected chi connectivity index (χ1v) is 25.3. The van der Waals surface area contributed by atoms with E-state index in [2.05, 4.69) is 41.9 Å². The maximum absolute atomic E-state index is 14.5. The average molecular weight is 1010 g/mol. The van der Waals surface area contributed by atoms with Crippen LogP contribution in [0.2, 0.25) is 0 Å². The Labute approximate surface area is 414 Å². The molecule has 2 aromatic carbocycles. The van der Waals surface area contributed by atoms with Crippen molar-refractivity contribution in [1.29, 1.82) is 0 Å². The number of hydrogen-bond acceptors (Lipinski definition) is 13. The number of carbonyl (C=O) groups is 8. The van der Waals surface area contributed by atoms with Gasteiger partial charge in [0.2, 0.25) is 41.4 Å². The fourth-order valence-electron chi connectivity index (χ4n) is 7.58. The number of aliphatic imine (C=N–C) groups is 1. The van der Waals surface area contributed by atoms with Gasteiger partial charge in [-0.1, -0.05) is 76.5 Å². The molecule has 7 atom stereocenters. The molecule has 0 saturated carbocycles. The number of carboxylic acid groups (broad SMARTS) is 1. The highest BCUT2D eigenvalue weighted by Crippen LogP contribution is 2.39. The van der Waals surface area contributed by atoms with Gasteiger partial charge in [-0.05, 0) is 76.1 Å². The number of nitrogens with one attached hydrogen (secondary N) is 7. The third-order valence-corrected chi connectivity index (χ3v) is 14.8. The first-order chi connectivity index (χ1) is 33.3. The quantitative estimate of drug-likeness (QED) is 0.0324. The van der Waals surface area contributed by atoms with Crippen molar-refractivity contribution >= 4 is 85.8 Å². The van der Waals surface area contributed by atoms with E-state index in [1.807, 2.05) is 18.2 Å². The van der Waals surface area contributed by atoms with Crippen LogP contribution < -0.4 is 60.6 Å². The summed E-state index contributed by atoms with van der Waals surface area (Å²) in [5.41, 5.74) is 30.4. The van der Waals surface area contributed by atoms with Crippen LogP contribution in [-0.4, -0.2) is 129 Å². The van der Waals surface area contributed by atoms with Gasteiger partial charge in [0.05, 0.1) is 10.8 Å². The molecule has 0 bridgehead atoms. The molecule has 0 radical (unpaired) electrons. The summed E-state index contributed by atoms with van der Waals surface area (Å²) in [6.45, 7) is 3.66. The van der Waals surface area contributed by atoms with E-state index in [9.17, 15) is 43.5 Å². The highest BCUT2D eigenvalue weighted by Gasteiger charge is 2.40. The zero-order valence-corrected chi connectivity index (χ0v) is 41.0. The van der Waals surface area contributed by atoms with Crippen LogP contribution in [0.25, 0.3) is 10.9 Å². The zero-order valence-electron chi connectivity index (χ0n) is 39.4. The van der Waals surface area contributed by atoms with E-state index in [0.29, 0.717) is 30.5 Å². The first kappa shape index (κ1) is 56.2. The van der Waals surface area contributed by atoms with Crippen LogP contribution >= 0.6 is 21.6 Å². The largest absolute Gasteiger partial charge is 0.480 e. The summed E-state index contributed by atoms with van der Waals surface area (Å²) in [6.07, 6.45) is 2.31. The number of amides is 7. The first-order valence-electron chi connectivity index (χ1n) is 23.0. The number of carboxylic acids is 1. The van der Waals surface area contributed by atoms with Crippen molar-refractivity contribution in [3.05, 3.63) is 71.9 Å². The number of benzene rings is 2. The third kappa shape index (κ3) is 17.9. The van der Waals surface area contributed by atoms with Crippen molar-refractivity contribution in [1.82, 2.24) is 36.9 Å². The topological polar surface area (TPSA) is 387 Å². The molecule has 1 fully saturated rings. The van der Waals surface area contributed by atoms with Gasteiger partial charge >= 0.3 is 5.97 Å². The lowest BCUT2D eigenvalue weighted by molar-refractivity contribution is -0.143. The second-order valence-electron chi connectivity index (χ2n) is 17.5. The number of guanidine groups is 1. The molecule has 70 heavy (non-hydrogen) atoms. The van der Waals surface area contributed by atoms with Crippen molar-refractivity contribution in [2.24, 2.45) is 33.7 Å². The molecule has 1 aromatic heterocycles. The number of nitrogens with two attached hydrogens (primary N) is 5. The van der Waals surface area contributed by atoms with Crippen molar-refractivity contribution in [3.8, 4) is 0 Å². The summed E-state index contributed by atoms with van der Waals surface area (Å²) in [4.78, 5) is 118. The number of primary amides is 1. The number of aromatic amines is 1. The summed E-state index contributed by atoms with van der Waals surface area (Å²) in [7, 11) is 2.27.